The van der Waals surface area contributed by atoms with Crippen LogP contribution < -0.4 is 10.1 Å². The van der Waals surface area contributed by atoms with Gasteiger partial charge in [-0.15, -0.1) is 0 Å². The van der Waals surface area contributed by atoms with E-state index in [4.69, 9.17) is 18.9 Å². The number of benzene rings is 2. The largest absolute Gasteiger partial charge is 0.507 e. The molecule has 1 saturated heterocycles. The summed E-state index contributed by atoms with van der Waals surface area (Å²) in [7, 11) is 1.41. The second-order valence-corrected chi connectivity index (χ2v) is 18.1. The molecule has 7 rings (SSSR count). The van der Waals surface area contributed by atoms with Gasteiger partial charge in [0, 0.05) is 87.5 Å². The van der Waals surface area contributed by atoms with Crippen LogP contribution in [0.3, 0.4) is 0 Å². The zero-order valence-corrected chi connectivity index (χ0v) is 38.1. The summed E-state index contributed by atoms with van der Waals surface area (Å²) in [5.74, 6) is -8.57. The van der Waals surface area contributed by atoms with E-state index in [1.165, 1.54) is 91.4 Å². The number of hydrogen-bond acceptors (Lipinski definition) is 16. The number of ether oxygens (including phenoxy) is 4. The Labute approximate surface area is 373 Å². The van der Waals surface area contributed by atoms with E-state index in [2.05, 4.69) is 15.3 Å². The SMILES string of the molecule is CO[C@H]1/C=C/O[C@@]2(C)Oc3c(C)c(O)c4c(O)c(c(/C=N/N5CCN(C6CCCC6)CC5)c(O)c4c3C2=O)NC(=O)/C(C)=C\C=C\C(C)(O)[C@H](O)[C@@H](C)[C@@H](O)[C@@H](C)[C@H](OC(C)=O)[C@@H]1C. The number of aromatic hydroxyl groups is 3. The Hall–Kier alpha value is -5.20. The lowest BCUT2D eigenvalue weighted by Crippen LogP contribution is -2.50. The molecule has 17 heteroatoms. The lowest BCUT2D eigenvalue weighted by molar-refractivity contribution is -0.162. The van der Waals surface area contributed by atoms with Crippen molar-refractivity contribution in [2.75, 3.05) is 38.6 Å². The Morgan fingerprint density at radius 3 is 2.23 bits per heavy atom. The Balaban J connectivity index is 1.49. The first kappa shape index (κ1) is 48.3. The number of nitrogens with one attached hydrogen (secondary N) is 1. The van der Waals surface area contributed by atoms with E-state index < -0.39 is 88.5 Å². The fraction of sp³-hybridized carbons (Fsp3) is 0.574. The van der Waals surface area contributed by atoms with E-state index in [9.17, 15) is 45.0 Å². The number of ketones is 1. The van der Waals surface area contributed by atoms with Crippen molar-refractivity contribution >= 4 is 40.3 Å². The minimum absolute atomic E-state index is 0.0380. The molecule has 2 aromatic carbocycles. The number of aliphatic hydroxyl groups is 3. The summed E-state index contributed by atoms with van der Waals surface area (Å²) < 4.78 is 23.6. The van der Waals surface area contributed by atoms with Crippen molar-refractivity contribution in [3.63, 3.8) is 0 Å². The van der Waals surface area contributed by atoms with Crippen LogP contribution in [0.25, 0.3) is 10.8 Å². The average molecular weight is 893 g/mol. The second-order valence-electron chi connectivity index (χ2n) is 18.1. The highest BCUT2D eigenvalue weighted by Gasteiger charge is 2.50. The van der Waals surface area contributed by atoms with Crippen molar-refractivity contribution in [1.82, 2.24) is 9.91 Å². The van der Waals surface area contributed by atoms with Crippen molar-refractivity contribution in [3.8, 4) is 23.0 Å². The average Bonchev–Trinajstić information content (AvgIpc) is 3.89. The predicted molar refractivity (Wildman–Crippen MR) is 238 cm³/mol. The number of esters is 1. The molecule has 1 saturated carbocycles. The van der Waals surface area contributed by atoms with Gasteiger partial charge in [0.2, 0.25) is 0 Å². The molecular weight excluding hydrogens is 829 g/mol. The molecule has 350 valence electrons. The molecule has 5 aliphatic rings. The topological polar surface area (TPSA) is 240 Å². The molecular formula is C47H64N4O13. The minimum atomic E-state index is -2.07. The van der Waals surface area contributed by atoms with Crippen molar-refractivity contribution in [3.05, 3.63) is 52.8 Å². The number of rotatable bonds is 5. The Bertz CT molecular complexity index is 2240. The fourth-order valence-electron chi connectivity index (χ4n) is 9.51. The standard InChI is InChI=1S/C47H64N4O13/c1-24-13-12-17-46(7,60)43(57)28(5)37(53)26(3)41(63-29(6)52)25(2)32(61-9)16-22-62-47(8)44(58)35-33-34(38(54)27(4)42(35)64-47)40(56)36(49-45(24)59)31(39(33)55)23-48-51-20-18-50(19-21-51)30-14-10-11-15-30/h12-13,16-17,22-23,25-26,28,30,32,37,41,43,53-57,60H,10-11,14-15,18-21H2,1-9H3,(H,49,59)/b17-12+,22-16+,24-13-,48-23+/t25-,26-,28+,32+,37+,41-,43-,46?,47+/m1/s1. The maximum absolute atomic E-state index is 14.5. The number of nitrogens with zero attached hydrogens (tertiary/aromatic N) is 3. The van der Waals surface area contributed by atoms with Crippen LogP contribution in [0.5, 0.6) is 23.0 Å². The highest BCUT2D eigenvalue weighted by atomic mass is 16.7. The lowest BCUT2D eigenvalue weighted by Gasteiger charge is -2.39. The monoisotopic (exact) mass is 892 g/mol. The number of allylic oxidation sites excluding steroid dienone is 2. The van der Waals surface area contributed by atoms with Gasteiger partial charge in [0.25, 0.3) is 11.7 Å². The predicted octanol–water partition coefficient (Wildman–Crippen LogP) is 4.76. The second kappa shape index (κ2) is 19.1. The van der Waals surface area contributed by atoms with Gasteiger partial charge in [-0.2, -0.15) is 5.10 Å². The number of amides is 1. The van der Waals surface area contributed by atoms with Crippen LogP contribution >= 0.6 is 0 Å². The number of carbonyl (C=O) groups is 3. The zero-order chi connectivity index (χ0) is 47.0. The quantitative estimate of drug-likeness (QED) is 0.0927. The maximum Gasteiger partial charge on any atom is 0.312 e. The summed E-state index contributed by atoms with van der Waals surface area (Å²) in [6.45, 7) is 14.4. The number of phenolic OH excluding ortho intramolecular Hbond substituents is 3. The molecule has 2 fully saturated rings. The Kier molecular flexibility index (Phi) is 14.4. The van der Waals surface area contributed by atoms with Crippen LogP contribution in [0.2, 0.25) is 0 Å². The van der Waals surface area contributed by atoms with E-state index in [-0.39, 0.29) is 44.5 Å². The van der Waals surface area contributed by atoms with E-state index in [1.807, 2.05) is 5.01 Å². The summed E-state index contributed by atoms with van der Waals surface area (Å²) in [6.07, 6.45) is 7.95. The van der Waals surface area contributed by atoms with E-state index in [0.29, 0.717) is 19.1 Å². The minimum Gasteiger partial charge on any atom is -0.507 e. The summed E-state index contributed by atoms with van der Waals surface area (Å²) in [4.78, 5) is 43.3. The van der Waals surface area contributed by atoms with Crippen LogP contribution in [-0.4, -0.2) is 140 Å². The van der Waals surface area contributed by atoms with Gasteiger partial charge >= 0.3 is 11.8 Å². The molecule has 1 amide bonds. The third-order valence-electron chi connectivity index (χ3n) is 13.6. The molecule has 4 aliphatic heterocycles. The van der Waals surface area contributed by atoms with E-state index >= 15 is 0 Å². The van der Waals surface area contributed by atoms with Gasteiger partial charge in [-0.05, 0) is 39.7 Å². The molecule has 9 atom stereocenters. The third-order valence-corrected chi connectivity index (χ3v) is 13.6. The molecule has 17 nitrogen and oxygen atoms in total. The number of piperazine rings is 1. The summed E-state index contributed by atoms with van der Waals surface area (Å²) >= 11 is 0. The number of Topliss-reactive ketones (excluding diaryl/α,β-unsaturated/α-hetero) is 1. The first-order valence-corrected chi connectivity index (χ1v) is 22.0. The van der Waals surface area contributed by atoms with Crippen molar-refractivity contribution in [2.24, 2.45) is 22.9 Å². The van der Waals surface area contributed by atoms with Crippen molar-refractivity contribution in [2.45, 2.75) is 123 Å². The lowest BCUT2D eigenvalue weighted by atomic mass is 9.77. The number of fused-ring (bicyclic) bond motifs is 14. The Morgan fingerprint density at radius 1 is 0.953 bits per heavy atom. The van der Waals surface area contributed by atoms with Gasteiger partial charge in [-0.1, -0.05) is 51.8 Å². The van der Waals surface area contributed by atoms with Crippen LogP contribution in [-0.2, 0) is 23.8 Å². The zero-order valence-electron chi connectivity index (χ0n) is 38.1. The smallest absolute Gasteiger partial charge is 0.312 e. The van der Waals surface area contributed by atoms with E-state index in [0.717, 1.165) is 25.9 Å². The van der Waals surface area contributed by atoms with Gasteiger partial charge in [0.05, 0.1) is 53.0 Å². The van der Waals surface area contributed by atoms with Crippen LogP contribution in [0.15, 0.2) is 41.2 Å². The molecule has 64 heavy (non-hydrogen) atoms. The van der Waals surface area contributed by atoms with Gasteiger partial charge in [0.15, 0.2) is 5.75 Å². The summed E-state index contributed by atoms with van der Waals surface area (Å²) in [5, 5.41) is 78.8. The number of carbonyl (C=O) groups excluding carboxylic acids is 3. The van der Waals surface area contributed by atoms with Gasteiger partial charge < -0.3 is 54.9 Å². The number of phenols is 3. The first-order valence-electron chi connectivity index (χ1n) is 22.0. The molecule has 5 bridgehead atoms. The number of aliphatic hydroxyl groups excluding tert-OH is 2. The maximum atomic E-state index is 14.5. The number of anilines is 1. The van der Waals surface area contributed by atoms with Crippen molar-refractivity contribution in [1.29, 1.82) is 0 Å². The molecule has 4 heterocycles. The molecule has 0 radical (unpaired) electrons. The van der Waals surface area contributed by atoms with Gasteiger partial charge in [-0.3, -0.25) is 24.3 Å². The molecule has 1 aliphatic carbocycles. The molecule has 2 aromatic rings. The molecule has 7 N–H and O–H groups in total. The molecule has 0 aromatic heterocycles. The van der Waals surface area contributed by atoms with Gasteiger partial charge in [0.1, 0.15) is 29.0 Å². The third kappa shape index (κ3) is 9.31. The highest BCUT2D eigenvalue weighted by molar-refractivity contribution is 6.23. The van der Waals surface area contributed by atoms with Gasteiger partial charge in [-0.25, -0.2) is 0 Å². The summed E-state index contributed by atoms with van der Waals surface area (Å²) in [6, 6.07) is 0.538. The van der Waals surface area contributed by atoms with Crippen molar-refractivity contribution < 1.29 is 64.0 Å². The van der Waals surface area contributed by atoms with Crippen LogP contribution in [0.4, 0.5) is 5.69 Å². The normalized spacial score (nSPS) is 33.2. The van der Waals surface area contributed by atoms with E-state index in [1.54, 1.807) is 20.8 Å². The first-order chi connectivity index (χ1) is 30.1. The highest BCUT2D eigenvalue weighted by Crippen LogP contribution is 2.55. The molecule has 1 unspecified atom stereocenters. The Morgan fingerprint density at radius 2 is 1.61 bits per heavy atom. The van der Waals surface area contributed by atoms with Crippen LogP contribution in [0, 0.1) is 24.7 Å². The summed E-state index contributed by atoms with van der Waals surface area (Å²) in [5.41, 5.74) is -2.49. The fourth-order valence-corrected chi connectivity index (χ4v) is 9.51. The number of methoxy groups -OCH3 is 1. The molecule has 0 spiro atoms. The number of hydrazone groups is 1. The van der Waals surface area contributed by atoms with Crippen LogP contribution in [0.1, 0.15) is 95.6 Å². The number of hydrogen-bond donors (Lipinski definition) is 7.